The van der Waals surface area contributed by atoms with Crippen LogP contribution < -0.4 is 10.6 Å². The van der Waals surface area contributed by atoms with E-state index in [0.717, 1.165) is 13.8 Å². The van der Waals surface area contributed by atoms with Gasteiger partial charge in [0.15, 0.2) is 11.6 Å². The van der Waals surface area contributed by atoms with E-state index in [4.69, 9.17) is 3.07 Å². The van der Waals surface area contributed by atoms with Crippen molar-refractivity contribution in [3.8, 4) is 0 Å². The number of fused-ring (bicyclic) bond motifs is 1. The van der Waals surface area contributed by atoms with Gasteiger partial charge in [-0.15, -0.1) is 0 Å². The third kappa shape index (κ3) is 17.1. The molecule has 89 heavy (non-hydrogen) atoms. The van der Waals surface area contributed by atoms with E-state index >= 15 is 0 Å². The Bertz CT molecular complexity index is 3730. The molecule has 9 aromatic carbocycles. The van der Waals surface area contributed by atoms with E-state index in [1.807, 2.05) is 20.8 Å². The van der Waals surface area contributed by atoms with Crippen molar-refractivity contribution in [3.05, 3.63) is 154 Å². The first-order chi connectivity index (χ1) is 40.9. The zero-order valence-electron chi connectivity index (χ0n) is 54.7. The predicted molar refractivity (Wildman–Crippen MR) is 372 cm³/mol. The number of Topliss-reactive ketones (excluding diaryl/α,β-unsaturated/α-hetero) is 2. The molecule has 1 aliphatic heterocycles. The molecule has 0 spiro atoms. The van der Waals surface area contributed by atoms with Crippen molar-refractivity contribution < 1.29 is 47.8 Å². The number of hydrogen-bond acceptors (Lipinski definition) is 7. The minimum Gasteiger partial charge on any atom is -0.302 e. The molecule has 16 heteroatoms. The summed E-state index contributed by atoms with van der Waals surface area (Å²) in [7, 11) is 0. The van der Waals surface area contributed by atoms with Gasteiger partial charge in [-0.2, -0.15) is 30.2 Å². The van der Waals surface area contributed by atoms with Gasteiger partial charge in [-0.25, -0.2) is 0 Å². The molecule has 0 fully saturated rings. The normalized spacial score (nSPS) is 15.2. The van der Waals surface area contributed by atoms with Gasteiger partial charge in [0.05, 0.1) is 12.1 Å². The van der Waals surface area contributed by atoms with Crippen LogP contribution in [0.2, 0.25) is 0 Å². The summed E-state index contributed by atoms with van der Waals surface area (Å²) >= 11 is 0.305. The molecule has 5 nitrogen and oxygen atoms in total. The van der Waals surface area contributed by atoms with Crippen molar-refractivity contribution in [2.45, 2.75) is 187 Å². The number of benzene rings is 9. The smallest absolute Gasteiger partial charge is 0.302 e. The first kappa shape index (κ1) is 73.2. The maximum atomic E-state index is 14.1. The SMILES string of the molecule is CC(C)(C)N[C@H](CS)C(=O)C(C)(C)C.CCC(F)(F)C(F)(F)I1OC(C)(C)c2ccccc21.CCC(F)(F)C(F)(F)SC[C@@H](NC(C)(C)C)C(=O)C(C)(C)C.Cc1cc2cccc3ccc4cccc1c4c32.Cc1cc2cccc3ccc4cccc1c4c32. The summed E-state index contributed by atoms with van der Waals surface area (Å²) < 4.78 is 111. The molecule has 2 atom stereocenters. The maximum Gasteiger partial charge on any atom is 0.356 e. The Balaban J connectivity index is 0.000000178. The fraction of sp³-hybridized carbons (Fsp3) is 0.452. The van der Waals surface area contributed by atoms with Crippen molar-refractivity contribution in [1.82, 2.24) is 10.6 Å². The Morgan fingerprint density at radius 1 is 0.517 bits per heavy atom. The van der Waals surface area contributed by atoms with Crippen LogP contribution in [0.25, 0.3) is 64.6 Å². The summed E-state index contributed by atoms with van der Waals surface area (Å²) in [6.07, 6.45) is -1.84. The second kappa shape index (κ2) is 27.8. The Morgan fingerprint density at radius 3 is 1.28 bits per heavy atom. The van der Waals surface area contributed by atoms with Gasteiger partial charge in [0.1, 0.15) is 0 Å². The molecule has 0 radical (unpaired) electrons. The van der Waals surface area contributed by atoms with Crippen LogP contribution in [0.3, 0.4) is 0 Å². The van der Waals surface area contributed by atoms with Gasteiger partial charge in [-0.05, 0) is 131 Å². The first-order valence-corrected chi connectivity index (χ1v) is 34.7. The van der Waals surface area contributed by atoms with Crippen molar-refractivity contribution in [3.63, 3.8) is 0 Å². The number of nitrogens with one attached hydrogen (secondary N) is 2. The van der Waals surface area contributed by atoms with Crippen molar-refractivity contribution >= 4 is 121 Å². The number of alkyl halides is 9. The van der Waals surface area contributed by atoms with Gasteiger partial charge in [0.2, 0.25) is 0 Å². The molecule has 0 bridgehead atoms. The van der Waals surface area contributed by atoms with Crippen molar-refractivity contribution in [1.29, 1.82) is 0 Å². The molecule has 0 saturated carbocycles. The van der Waals surface area contributed by atoms with Crippen LogP contribution >= 0.6 is 44.6 Å². The van der Waals surface area contributed by atoms with Crippen LogP contribution in [0.5, 0.6) is 0 Å². The minimum absolute atomic E-state index is 0.0473. The molecule has 0 saturated heterocycles. The van der Waals surface area contributed by atoms with Crippen molar-refractivity contribution in [2.24, 2.45) is 10.8 Å². The number of thioether (sulfide) groups is 1. The summed E-state index contributed by atoms with van der Waals surface area (Å²) in [6.45, 7) is 32.2. The second-order valence-electron chi connectivity index (χ2n) is 27.5. The summed E-state index contributed by atoms with van der Waals surface area (Å²) in [6, 6.07) is 45.1. The molecule has 9 aromatic rings. The third-order valence-corrected chi connectivity index (χ3v) is 22.4. The number of rotatable bonds is 13. The van der Waals surface area contributed by atoms with Crippen LogP contribution in [-0.2, 0) is 18.3 Å². The standard InChI is InChI=1S/2C17H12.C15H27F4NOS.C13H15F4IO.C11H23NOS/c2*1-11-10-14-6-2-4-12-8-9-13-5-3-7-15(11)17(13)16(12)14;1-8-14(16,17)15(18,19)22-9-10(20-13(5,6)7)11(21)12(2,3)4;1-4-12(14,15)13(16,17)18-10-8-6-5-7-9(10)11(2,3)19-18;1-10(2,3)9(13)8(7-14)12-11(4,5)6/h2*2-10H,1H3;10,20H,8-9H2,1-7H3;5-8H,4H2,1-3H3;8,12,14H,7H2,1-6H3/t;;10-;;8-/m..1.1/s1. The van der Waals surface area contributed by atoms with Crippen LogP contribution in [0.15, 0.2) is 133 Å². The van der Waals surface area contributed by atoms with Crippen LogP contribution in [0.1, 0.15) is 140 Å². The van der Waals surface area contributed by atoms with E-state index in [0.29, 0.717) is 14.9 Å². The van der Waals surface area contributed by atoms with Gasteiger partial charge in [0.25, 0.3) is 0 Å². The number of thiol groups is 1. The molecule has 1 aliphatic rings. The van der Waals surface area contributed by atoms with E-state index in [1.165, 1.54) is 81.8 Å². The van der Waals surface area contributed by atoms with Gasteiger partial charge < -0.3 is 10.6 Å². The molecule has 0 aliphatic carbocycles. The van der Waals surface area contributed by atoms with Gasteiger partial charge in [-0.3, -0.25) is 9.59 Å². The van der Waals surface area contributed by atoms with Crippen LogP contribution in [-0.4, -0.2) is 67.3 Å². The average Bonchev–Trinajstić information content (AvgIpc) is 1.88. The molecule has 1 heterocycles. The predicted octanol–water partition coefficient (Wildman–Crippen LogP) is 22.0. The number of aryl methyl sites for hydroxylation is 2. The fourth-order valence-electron chi connectivity index (χ4n) is 10.7. The molecule has 10 rings (SSSR count). The van der Waals surface area contributed by atoms with E-state index in [1.54, 1.807) is 73.6 Å². The molecule has 0 amide bonds. The molecular formula is C73H89F8IN2O3S2. The monoisotopic (exact) mass is 1380 g/mol. The maximum absolute atomic E-state index is 14.1. The molecule has 484 valence electrons. The van der Waals surface area contributed by atoms with Crippen molar-refractivity contribution in [2.75, 3.05) is 11.5 Å². The Labute approximate surface area is 539 Å². The zero-order chi connectivity index (χ0) is 66.8. The van der Waals surface area contributed by atoms with Gasteiger partial charge >= 0.3 is 128 Å². The third-order valence-electron chi connectivity index (χ3n) is 15.3. The van der Waals surface area contributed by atoms with E-state index in [9.17, 15) is 44.7 Å². The number of halogens is 9. The van der Waals surface area contributed by atoms with Crippen LogP contribution in [0.4, 0.5) is 35.1 Å². The van der Waals surface area contributed by atoms with Gasteiger partial charge in [0, 0.05) is 39.8 Å². The fourth-order valence-corrected chi connectivity index (χ4v) is 17.5. The molecule has 0 aromatic heterocycles. The molecule has 0 unspecified atom stereocenters. The minimum atomic E-state index is -4.20. The topological polar surface area (TPSA) is 67.4 Å². The van der Waals surface area contributed by atoms with Gasteiger partial charge in [-0.1, -0.05) is 169 Å². The summed E-state index contributed by atoms with van der Waals surface area (Å²) in [5, 5.41) is 18.5. The van der Waals surface area contributed by atoms with E-state index < -0.39 is 82.5 Å². The summed E-state index contributed by atoms with van der Waals surface area (Å²) in [5.41, 5.74) is 0.824. The summed E-state index contributed by atoms with van der Waals surface area (Å²) in [4.78, 5) is 24.3. The van der Waals surface area contributed by atoms with Crippen LogP contribution in [0, 0.1) is 28.2 Å². The molecule has 2 N–H and O–H groups in total. The number of carbonyl (C=O) groups excluding carboxylic acids is 2. The number of ketones is 2. The largest absolute Gasteiger partial charge is 0.356 e. The Hall–Kier alpha value is -4.85. The quantitative estimate of drug-likeness (QED) is 0.0351. The number of hydrogen-bond donors (Lipinski definition) is 3. The Morgan fingerprint density at radius 2 is 0.888 bits per heavy atom. The van der Waals surface area contributed by atoms with E-state index in [-0.39, 0.29) is 40.3 Å². The summed E-state index contributed by atoms with van der Waals surface area (Å²) in [5.74, 6) is -8.02. The zero-order valence-corrected chi connectivity index (χ0v) is 58.5. The number of carbonyl (C=O) groups is 2. The molecular weight excluding hydrogens is 1300 g/mol. The first-order valence-electron chi connectivity index (χ1n) is 30.1. The second-order valence-corrected chi connectivity index (χ2v) is 33.4. The van der Waals surface area contributed by atoms with E-state index in [2.05, 4.69) is 167 Å². The average molecular weight is 1390 g/mol. The Kier molecular flexibility index (Phi) is 22.8.